The minimum atomic E-state index is -0.619. The Balaban J connectivity index is 2.33. The van der Waals surface area contributed by atoms with Crippen LogP contribution in [0.3, 0.4) is 0 Å². The van der Waals surface area contributed by atoms with Crippen molar-refractivity contribution in [2.24, 2.45) is 5.73 Å². The molecular formula is C13H14N2O2. The Hall–Kier alpha value is -2.02. The molecule has 0 radical (unpaired) electrons. The fraction of sp³-hybridized carbons (Fsp3) is 0.385. The number of nitrogens with two attached hydrogens (primary N) is 1. The van der Waals surface area contributed by atoms with Crippen LogP contribution in [0.2, 0.25) is 0 Å². The first-order chi connectivity index (χ1) is 8.08. The summed E-state index contributed by atoms with van der Waals surface area (Å²) < 4.78 is 5.42. The van der Waals surface area contributed by atoms with Crippen LogP contribution in [0.5, 0.6) is 5.88 Å². The van der Waals surface area contributed by atoms with Crippen LogP contribution in [0.25, 0.3) is 0 Å². The first kappa shape index (κ1) is 11.5. The van der Waals surface area contributed by atoms with Crippen molar-refractivity contribution in [2.75, 3.05) is 6.61 Å². The van der Waals surface area contributed by atoms with Crippen molar-refractivity contribution >= 4 is 5.91 Å². The van der Waals surface area contributed by atoms with Gasteiger partial charge in [0, 0.05) is 12.0 Å². The van der Waals surface area contributed by atoms with Gasteiger partial charge in [-0.15, -0.1) is 0 Å². The number of rotatable bonds is 1. The summed E-state index contributed by atoms with van der Waals surface area (Å²) in [7, 11) is 0. The van der Waals surface area contributed by atoms with Crippen molar-refractivity contribution in [1.29, 1.82) is 0 Å². The molecule has 0 saturated heterocycles. The fourth-order valence-corrected chi connectivity index (χ4v) is 1.91. The lowest BCUT2D eigenvalue weighted by Gasteiger charge is -2.09. The largest absolute Gasteiger partial charge is 0.477 e. The van der Waals surface area contributed by atoms with Gasteiger partial charge in [0.1, 0.15) is 0 Å². The van der Waals surface area contributed by atoms with Gasteiger partial charge in [-0.1, -0.05) is 5.92 Å². The van der Waals surface area contributed by atoms with Gasteiger partial charge in [0.2, 0.25) is 5.88 Å². The van der Waals surface area contributed by atoms with Gasteiger partial charge in [-0.3, -0.25) is 4.79 Å². The Labute approximate surface area is 100 Å². The Kier molecular flexibility index (Phi) is 3.01. The highest BCUT2D eigenvalue weighted by molar-refractivity contribution is 5.92. The monoisotopic (exact) mass is 230 g/mol. The maximum Gasteiger partial charge on any atom is 0.293 e. The van der Waals surface area contributed by atoms with Gasteiger partial charge in [-0.2, -0.15) is 0 Å². The zero-order valence-electron chi connectivity index (χ0n) is 9.91. The van der Waals surface area contributed by atoms with Crippen LogP contribution in [-0.4, -0.2) is 17.5 Å². The quantitative estimate of drug-likeness (QED) is 0.729. The highest BCUT2D eigenvalue weighted by Gasteiger charge is 2.18. The molecule has 2 rings (SSSR count). The molecule has 17 heavy (non-hydrogen) atoms. The van der Waals surface area contributed by atoms with Crippen LogP contribution in [0.15, 0.2) is 6.07 Å². The summed E-state index contributed by atoms with van der Waals surface area (Å²) in [4.78, 5) is 15.1. The number of carbonyl (C=O) groups excluding carboxylic acids is 1. The van der Waals surface area contributed by atoms with Gasteiger partial charge in [0.05, 0.1) is 18.2 Å². The lowest BCUT2D eigenvalue weighted by Crippen LogP contribution is -2.07. The van der Waals surface area contributed by atoms with E-state index in [-0.39, 0.29) is 5.92 Å². The summed E-state index contributed by atoms with van der Waals surface area (Å²) in [6.45, 7) is 4.57. The molecule has 2 N–H and O–H groups in total. The average Bonchev–Trinajstić information content (AvgIpc) is 2.71. The van der Waals surface area contributed by atoms with Crippen molar-refractivity contribution < 1.29 is 9.53 Å². The van der Waals surface area contributed by atoms with E-state index in [4.69, 9.17) is 10.5 Å². The van der Waals surface area contributed by atoms with Gasteiger partial charge in [-0.05, 0) is 31.4 Å². The number of nitrogens with zero attached hydrogens (tertiary/aromatic N) is 1. The molecule has 0 bridgehead atoms. The molecule has 2 heterocycles. The average molecular weight is 230 g/mol. The fourth-order valence-electron chi connectivity index (χ4n) is 1.91. The molecule has 1 aliphatic rings. The van der Waals surface area contributed by atoms with Crippen LogP contribution in [0.1, 0.15) is 29.7 Å². The second-order valence-electron chi connectivity index (χ2n) is 4.11. The number of hydrogen-bond donors (Lipinski definition) is 1. The van der Waals surface area contributed by atoms with E-state index in [0.717, 1.165) is 23.2 Å². The standard InChI is InChI=1S/C13H14N2O2/c1-8(3-4-11(14)16)12-9(2)7-10-5-6-17-13(10)15-12/h7-8H,5-6H2,1-2H3,(H2,14,16). The summed E-state index contributed by atoms with van der Waals surface area (Å²) in [5, 5.41) is 0. The molecular weight excluding hydrogens is 216 g/mol. The summed E-state index contributed by atoms with van der Waals surface area (Å²) in [6, 6.07) is 2.08. The lowest BCUT2D eigenvalue weighted by molar-refractivity contribution is -0.112. The van der Waals surface area contributed by atoms with E-state index in [1.807, 2.05) is 13.8 Å². The van der Waals surface area contributed by atoms with Crippen molar-refractivity contribution in [3.63, 3.8) is 0 Å². The van der Waals surface area contributed by atoms with Crippen LogP contribution < -0.4 is 10.5 Å². The molecule has 0 aliphatic carbocycles. The van der Waals surface area contributed by atoms with E-state index in [2.05, 4.69) is 22.9 Å². The van der Waals surface area contributed by atoms with Crippen LogP contribution in [-0.2, 0) is 11.2 Å². The van der Waals surface area contributed by atoms with Gasteiger partial charge in [0.15, 0.2) is 0 Å². The molecule has 88 valence electrons. The number of aryl methyl sites for hydroxylation is 1. The minimum Gasteiger partial charge on any atom is -0.477 e. The number of amides is 1. The zero-order valence-corrected chi connectivity index (χ0v) is 9.91. The number of primary amides is 1. The van der Waals surface area contributed by atoms with E-state index in [1.54, 1.807) is 0 Å². The Bertz CT molecular complexity index is 526. The molecule has 1 aliphatic heterocycles. The maximum atomic E-state index is 10.6. The molecule has 0 aromatic carbocycles. The van der Waals surface area contributed by atoms with Crippen molar-refractivity contribution in [2.45, 2.75) is 26.2 Å². The first-order valence-corrected chi connectivity index (χ1v) is 5.52. The molecule has 0 spiro atoms. The first-order valence-electron chi connectivity index (χ1n) is 5.52. The molecule has 4 heteroatoms. The third-order valence-corrected chi connectivity index (χ3v) is 2.72. The summed E-state index contributed by atoms with van der Waals surface area (Å²) in [5.41, 5.74) is 8.05. The minimum absolute atomic E-state index is 0.128. The zero-order chi connectivity index (χ0) is 12.4. The number of pyridine rings is 1. The molecule has 1 unspecified atom stereocenters. The third-order valence-electron chi connectivity index (χ3n) is 2.72. The Morgan fingerprint density at radius 2 is 2.41 bits per heavy atom. The predicted octanol–water partition coefficient (Wildman–Crippen LogP) is 0.917. The molecule has 4 nitrogen and oxygen atoms in total. The molecule has 0 saturated carbocycles. The smallest absolute Gasteiger partial charge is 0.293 e. The van der Waals surface area contributed by atoms with Crippen LogP contribution in [0, 0.1) is 18.8 Å². The predicted molar refractivity (Wildman–Crippen MR) is 63.6 cm³/mol. The van der Waals surface area contributed by atoms with Gasteiger partial charge < -0.3 is 10.5 Å². The van der Waals surface area contributed by atoms with Crippen molar-refractivity contribution in [3.05, 3.63) is 22.9 Å². The van der Waals surface area contributed by atoms with Crippen molar-refractivity contribution in [3.8, 4) is 17.7 Å². The second-order valence-corrected chi connectivity index (χ2v) is 4.11. The molecule has 1 atom stereocenters. The topological polar surface area (TPSA) is 65.2 Å². The summed E-state index contributed by atoms with van der Waals surface area (Å²) in [5.74, 6) is 5.08. The molecule has 1 amide bonds. The van der Waals surface area contributed by atoms with Gasteiger partial charge in [0.25, 0.3) is 5.91 Å². The van der Waals surface area contributed by atoms with Gasteiger partial charge >= 0.3 is 0 Å². The van der Waals surface area contributed by atoms with Crippen LogP contribution >= 0.6 is 0 Å². The maximum absolute atomic E-state index is 10.6. The SMILES string of the molecule is Cc1cc2c(nc1C(C)C#CC(N)=O)OCC2. The number of aromatic nitrogens is 1. The highest BCUT2D eigenvalue weighted by Crippen LogP contribution is 2.28. The van der Waals surface area contributed by atoms with Crippen molar-refractivity contribution in [1.82, 2.24) is 4.98 Å². The highest BCUT2D eigenvalue weighted by atomic mass is 16.5. The number of carbonyl (C=O) groups is 1. The summed E-state index contributed by atoms with van der Waals surface area (Å²) >= 11 is 0. The van der Waals surface area contributed by atoms with E-state index in [0.29, 0.717) is 12.5 Å². The van der Waals surface area contributed by atoms with E-state index in [9.17, 15) is 4.79 Å². The van der Waals surface area contributed by atoms with E-state index in [1.165, 1.54) is 0 Å². The number of fused-ring (bicyclic) bond motifs is 1. The summed E-state index contributed by atoms with van der Waals surface area (Å²) in [6.07, 6.45) is 0.908. The number of hydrogen-bond acceptors (Lipinski definition) is 3. The Morgan fingerprint density at radius 1 is 1.65 bits per heavy atom. The Morgan fingerprint density at radius 3 is 3.12 bits per heavy atom. The lowest BCUT2D eigenvalue weighted by atomic mass is 10.0. The number of ether oxygens (including phenoxy) is 1. The van der Waals surface area contributed by atoms with Crippen LogP contribution in [0.4, 0.5) is 0 Å². The molecule has 1 aromatic heterocycles. The normalized spacial score (nSPS) is 14.2. The van der Waals surface area contributed by atoms with E-state index < -0.39 is 5.91 Å². The third kappa shape index (κ3) is 2.39. The molecule has 0 fully saturated rings. The van der Waals surface area contributed by atoms with E-state index >= 15 is 0 Å². The molecule has 1 aromatic rings. The second kappa shape index (κ2) is 4.46. The van der Waals surface area contributed by atoms with Gasteiger partial charge in [-0.25, -0.2) is 4.98 Å².